The van der Waals surface area contributed by atoms with Crippen molar-refractivity contribution < 1.29 is 149 Å². The van der Waals surface area contributed by atoms with Crippen LogP contribution in [0, 0.1) is 0 Å². The standard InChI is InChI=1S/C18H32N2O33S6/c21-7-3(1-45-56(33,34)35)48-17(6(20-55(30,31)32)11(7)52-58(39,40)41)50-12-9(23)13(53-59(42,43)44)18(51-14(12)15(24)25)49-10-4(2-46-57(36,37)38)47-16(26)5(8(10)22)19-54(27,28)29/h3-14,16-23,26H,1-2H2,(H,24,25)(H,27,28,29)(H,30,31,32)(H,33,34,35)(H,36,37,38)(H,39,40,41)(H,42,43,44)/t3-,4-,5-,6-,7-,8-,9+,10-,11-,12+,13-,14-,16+,17-,18-/m1/s1. The molecule has 15 atom stereocenters. The van der Waals surface area contributed by atoms with Gasteiger partial charge in [0, 0.05) is 0 Å². The van der Waals surface area contributed by atoms with E-state index in [0.717, 1.165) is 0 Å². The first-order chi connectivity index (χ1) is 26.5. The number of aliphatic hydroxyl groups is 4. The number of hydrogen-bond acceptors (Lipinski definition) is 26. The van der Waals surface area contributed by atoms with Crippen LogP contribution < -0.4 is 9.44 Å². The molecule has 35 nitrogen and oxygen atoms in total. The number of aliphatic carboxylic acids is 1. The zero-order valence-corrected chi connectivity index (χ0v) is 32.8. The zero-order valence-electron chi connectivity index (χ0n) is 27.9. The van der Waals surface area contributed by atoms with Gasteiger partial charge in [-0.2, -0.15) is 60.0 Å². The molecule has 0 aromatic rings. The fourth-order valence-electron chi connectivity index (χ4n) is 5.40. The Morgan fingerprint density at radius 1 is 0.508 bits per heavy atom. The minimum absolute atomic E-state index is 1.17. The molecule has 0 aromatic carbocycles. The van der Waals surface area contributed by atoms with E-state index >= 15 is 0 Å². The van der Waals surface area contributed by atoms with Gasteiger partial charge in [-0.1, -0.05) is 0 Å². The monoisotopic (exact) mass is 996 g/mol. The summed E-state index contributed by atoms with van der Waals surface area (Å²) in [5, 5.41) is 53.1. The van der Waals surface area contributed by atoms with Crippen LogP contribution in [0.2, 0.25) is 0 Å². The summed E-state index contributed by atoms with van der Waals surface area (Å²) in [6.07, 6.45) is -35.8. The maximum atomic E-state index is 12.5. The molecule has 3 aliphatic rings. The molecule has 3 rings (SSSR count). The molecule has 3 aliphatic heterocycles. The van der Waals surface area contributed by atoms with Crippen molar-refractivity contribution in [1.29, 1.82) is 0 Å². The molecule has 3 saturated heterocycles. The second-order valence-corrected chi connectivity index (χ2v) is 18.3. The SMILES string of the molecule is O=C(O)[C@@H]1O[C@@H](O[C@H]2[C@H](O)[C@@H](NS(=O)(=O)O)[C@@H](O)O[C@@H]2COS(=O)(=O)O)[C@H](OS(=O)(=O)O)[C@@H](O)[C@@H]1O[C@H]1O[C@H](COS(=O)(=O)O)[C@@H](O)[C@H](OS(=O)(=O)O)[C@H]1NS(=O)(=O)O. The lowest BCUT2D eigenvalue weighted by Crippen LogP contribution is -2.70. The van der Waals surface area contributed by atoms with E-state index in [1.165, 1.54) is 9.44 Å². The van der Waals surface area contributed by atoms with E-state index in [1.54, 1.807) is 0 Å². The van der Waals surface area contributed by atoms with E-state index in [2.05, 4.69) is 16.7 Å². The van der Waals surface area contributed by atoms with Crippen molar-refractivity contribution in [3.8, 4) is 0 Å². The average molecular weight is 997 g/mol. The molecule has 0 unspecified atom stereocenters. The van der Waals surface area contributed by atoms with Crippen LogP contribution in [0.4, 0.5) is 0 Å². The van der Waals surface area contributed by atoms with Crippen molar-refractivity contribution in [2.24, 2.45) is 0 Å². The summed E-state index contributed by atoms with van der Waals surface area (Å²) in [7, 11) is -33.8. The number of carboxylic acids is 1. The maximum absolute atomic E-state index is 12.5. The number of nitrogens with one attached hydrogen (secondary N) is 2. The average Bonchev–Trinajstić information content (AvgIpc) is 3.01. The summed E-state index contributed by atoms with van der Waals surface area (Å²) in [5.41, 5.74) is 0. The highest BCUT2D eigenvalue weighted by Crippen LogP contribution is 2.35. The molecule has 13 N–H and O–H groups in total. The fourth-order valence-corrected chi connectivity index (χ4v) is 8.20. The van der Waals surface area contributed by atoms with Crippen LogP contribution in [0.3, 0.4) is 0 Å². The van der Waals surface area contributed by atoms with Gasteiger partial charge in [0.05, 0.1) is 13.2 Å². The molecular formula is C18H32N2O33S6. The van der Waals surface area contributed by atoms with Crippen LogP contribution in [0.5, 0.6) is 0 Å². The smallest absolute Gasteiger partial charge is 0.397 e. The summed E-state index contributed by atoms with van der Waals surface area (Å²) >= 11 is 0. The Bertz CT molecular complexity index is 2160. The van der Waals surface area contributed by atoms with Crippen LogP contribution in [-0.4, -0.2) is 215 Å². The lowest BCUT2D eigenvalue weighted by molar-refractivity contribution is -0.357. The molecule has 0 aliphatic carbocycles. The van der Waals surface area contributed by atoms with Gasteiger partial charge in [-0.05, 0) is 0 Å². The summed E-state index contributed by atoms with van der Waals surface area (Å²) < 4.78 is 238. The quantitative estimate of drug-likeness (QED) is 0.0534. The lowest BCUT2D eigenvalue weighted by atomic mass is 9.95. The molecule has 3 heterocycles. The van der Waals surface area contributed by atoms with Crippen molar-refractivity contribution in [3.05, 3.63) is 0 Å². The van der Waals surface area contributed by atoms with Gasteiger partial charge in [-0.3, -0.25) is 27.3 Å². The zero-order chi connectivity index (χ0) is 45.4. The summed E-state index contributed by atoms with van der Waals surface area (Å²) in [4.78, 5) is 12.5. The molecule has 59 heavy (non-hydrogen) atoms. The predicted molar refractivity (Wildman–Crippen MR) is 168 cm³/mol. The van der Waals surface area contributed by atoms with E-state index in [4.69, 9.17) is 32.8 Å². The van der Waals surface area contributed by atoms with Gasteiger partial charge in [-0.25, -0.2) is 21.5 Å². The topological polar surface area (TPSA) is 552 Å². The van der Waals surface area contributed by atoms with E-state index in [1.807, 2.05) is 0 Å². The number of ether oxygens (including phenoxy) is 5. The van der Waals surface area contributed by atoms with Gasteiger partial charge in [0.25, 0.3) is 0 Å². The van der Waals surface area contributed by atoms with Gasteiger partial charge < -0.3 is 49.2 Å². The van der Waals surface area contributed by atoms with Gasteiger partial charge in [0.1, 0.15) is 60.9 Å². The molecule has 41 heteroatoms. The number of rotatable bonds is 19. The highest BCUT2D eigenvalue weighted by atomic mass is 32.3. The van der Waals surface area contributed by atoms with Crippen molar-refractivity contribution in [1.82, 2.24) is 9.44 Å². The predicted octanol–water partition coefficient (Wildman–Crippen LogP) is -9.37. The Balaban J connectivity index is 2.15. The van der Waals surface area contributed by atoms with Crippen LogP contribution in [0.25, 0.3) is 0 Å². The Labute approximate surface area is 330 Å². The second kappa shape index (κ2) is 19.0. The van der Waals surface area contributed by atoms with E-state index < -0.39 is 173 Å². The van der Waals surface area contributed by atoms with E-state index in [-0.39, 0.29) is 0 Å². The highest BCUT2D eigenvalue weighted by Gasteiger charge is 2.58. The molecule has 0 saturated carbocycles. The third-order valence-corrected chi connectivity index (χ3v) is 10.4. The molecular weight excluding hydrogens is 965 g/mol. The lowest BCUT2D eigenvalue weighted by Gasteiger charge is -2.48. The van der Waals surface area contributed by atoms with Crippen molar-refractivity contribution in [2.75, 3.05) is 13.2 Å². The van der Waals surface area contributed by atoms with Gasteiger partial charge in [0.15, 0.2) is 31.1 Å². The molecule has 0 aromatic heterocycles. The van der Waals surface area contributed by atoms with Crippen LogP contribution >= 0.6 is 0 Å². The molecule has 0 radical (unpaired) electrons. The Morgan fingerprint density at radius 3 is 1.42 bits per heavy atom. The number of carboxylic acid groups (broad SMARTS) is 1. The molecule has 3 fully saturated rings. The van der Waals surface area contributed by atoms with Crippen LogP contribution in [0.1, 0.15) is 0 Å². The van der Waals surface area contributed by atoms with Gasteiger partial charge in [-0.15, -0.1) is 0 Å². The third-order valence-electron chi connectivity index (χ3n) is 7.51. The largest absolute Gasteiger partial charge is 0.479 e. The number of aliphatic hydroxyl groups excluding tert-OH is 4. The van der Waals surface area contributed by atoms with Crippen LogP contribution in [0.15, 0.2) is 0 Å². The highest BCUT2D eigenvalue weighted by molar-refractivity contribution is 7.84. The first-order valence-electron chi connectivity index (χ1n) is 14.7. The minimum Gasteiger partial charge on any atom is -0.479 e. The molecule has 0 spiro atoms. The number of hydrogen-bond donors (Lipinski definition) is 13. The second-order valence-electron chi connectivity index (χ2n) is 11.7. The minimum atomic E-state index is -5.95. The summed E-state index contributed by atoms with van der Waals surface area (Å²) in [5.74, 6) is -2.34. The maximum Gasteiger partial charge on any atom is 0.397 e. The Hall–Kier alpha value is -1.67. The number of carbonyl (C=O) groups is 1. The fraction of sp³-hybridized carbons (Fsp3) is 0.944. The summed E-state index contributed by atoms with van der Waals surface area (Å²) in [6, 6.07) is -5.24. The van der Waals surface area contributed by atoms with E-state index in [0.29, 0.717) is 0 Å². The molecule has 0 bridgehead atoms. The van der Waals surface area contributed by atoms with Crippen molar-refractivity contribution in [2.45, 2.75) is 92.0 Å². The van der Waals surface area contributed by atoms with E-state index in [9.17, 15) is 99.0 Å². The Morgan fingerprint density at radius 2 is 0.966 bits per heavy atom. The van der Waals surface area contributed by atoms with Crippen molar-refractivity contribution in [3.63, 3.8) is 0 Å². The van der Waals surface area contributed by atoms with Gasteiger partial charge in [0.2, 0.25) is 0 Å². The molecule has 348 valence electrons. The summed E-state index contributed by atoms with van der Waals surface area (Å²) in [6.45, 7) is -3.12. The van der Waals surface area contributed by atoms with Crippen LogP contribution in [-0.2, 0) is 107 Å². The Kier molecular flexibility index (Phi) is 16.6. The third kappa shape index (κ3) is 15.9. The molecule has 0 amide bonds. The first-order valence-corrected chi connectivity index (χ1v) is 23.1. The normalized spacial score (nSPS) is 36.9. The first kappa shape index (κ1) is 51.7. The van der Waals surface area contributed by atoms with Gasteiger partial charge >= 0.3 is 68.2 Å². The van der Waals surface area contributed by atoms with Crippen molar-refractivity contribution >= 4 is 68.2 Å².